The topological polar surface area (TPSA) is 20.3 Å². The van der Waals surface area contributed by atoms with Gasteiger partial charge in [0, 0.05) is 24.2 Å². The summed E-state index contributed by atoms with van der Waals surface area (Å²) in [5.74, 6) is 0. The molecule has 0 spiro atoms. The normalized spacial score (nSPS) is 17.2. The monoisotopic (exact) mass is 209 g/mol. The summed E-state index contributed by atoms with van der Waals surface area (Å²) < 4.78 is 0. The molecule has 0 atom stereocenters. The second-order valence-corrected chi connectivity index (χ2v) is 4.82. The zero-order valence-corrected chi connectivity index (χ0v) is 9.22. The number of aldehydes is 1. The third-order valence-electron chi connectivity index (χ3n) is 3.00. The molecule has 0 aromatic carbocycles. The van der Waals surface area contributed by atoms with E-state index in [1.54, 1.807) is 0 Å². The van der Waals surface area contributed by atoms with Crippen LogP contribution in [0.1, 0.15) is 35.4 Å². The molecule has 0 amide bonds. The van der Waals surface area contributed by atoms with Crippen molar-refractivity contribution in [3.05, 3.63) is 16.3 Å². The highest BCUT2D eigenvalue weighted by Crippen LogP contribution is 2.29. The molecule has 0 bridgehead atoms. The second kappa shape index (κ2) is 4.13. The van der Waals surface area contributed by atoms with Crippen molar-refractivity contribution in [3.63, 3.8) is 0 Å². The van der Waals surface area contributed by atoms with Crippen molar-refractivity contribution in [2.75, 3.05) is 11.9 Å². The van der Waals surface area contributed by atoms with Crippen molar-refractivity contribution < 1.29 is 4.79 Å². The Morgan fingerprint density at radius 1 is 1.50 bits per heavy atom. The van der Waals surface area contributed by atoms with Crippen LogP contribution >= 0.6 is 11.3 Å². The number of thiophene rings is 1. The van der Waals surface area contributed by atoms with Crippen LogP contribution in [0.4, 0.5) is 5.69 Å². The van der Waals surface area contributed by atoms with Crippen LogP contribution in [0.2, 0.25) is 0 Å². The summed E-state index contributed by atoms with van der Waals surface area (Å²) in [6.07, 6.45) is 6.21. The smallest absolute Gasteiger partial charge is 0.160 e. The fraction of sp³-hybridized carbons (Fsp3) is 0.545. The number of carbonyl (C=O) groups excluding carboxylic acids is 1. The van der Waals surface area contributed by atoms with E-state index in [9.17, 15) is 4.79 Å². The summed E-state index contributed by atoms with van der Waals surface area (Å²) in [6, 6.07) is 2.67. The van der Waals surface area contributed by atoms with Crippen LogP contribution in [0.15, 0.2) is 11.4 Å². The number of hydrogen-bond donors (Lipinski definition) is 0. The van der Waals surface area contributed by atoms with Crippen LogP contribution in [0.25, 0.3) is 0 Å². The maximum Gasteiger partial charge on any atom is 0.160 e. The Hall–Kier alpha value is -0.830. The van der Waals surface area contributed by atoms with Gasteiger partial charge in [-0.05, 0) is 18.9 Å². The average molecular weight is 209 g/mol. The van der Waals surface area contributed by atoms with Gasteiger partial charge in [0.1, 0.15) is 0 Å². The largest absolute Gasteiger partial charge is 0.371 e. The first-order valence-corrected chi connectivity index (χ1v) is 5.96. The van der Waals surface area contributed by atoms with Crippen molar-refractivity contribution in [1.82, 2.24) is 0 Å². The molecule has 1 aromatic rings. The predicted octanol–water partition coefficient (Wildman–Crippen LogP) is 2.94. The molecule has 1 aromatic heterocycles. The van der Waals surface area contributed by atoms with E-state index in [0.29, 0.717) is 6.04 Å². The molecule has 1 heterocycles. The Kier molecular flexibility index (Phi) is 2.87. The summed E-state index contributed by atoms with van der Waals surface area (Å²) in [4.78, 5) is 13.7. The molecule has 1 saturated carbocycles. The van der Waals surface area contributed by atoms with Crippen LogP contribution in [0.5, 0.6) is 0 Å². The van der Waals surface area contributed by atoms with Gasteiger partial charge in [0.15, 0.2) is 6.29 Å². The van der Waals surface area contributed by atoms with Gasteiger partial charge in [0.25, 0.3) is 0 Å². The lowest BCUT2D eigenvalue weighted by Gasteiger charge is -2.25. The predicted molar refractivity (Wildman–Crippen MR) is 60.4 cm³/mol. The second-order valence-electron chi connectivity index (χ2n) is 3.87. The van der Waals surface area contributed by atoms with Gasteiger partial charge in [-0.2, -0.15) is 0 Å². The van der Waals surface area contributed by atoms with E-state index < -0.39 is 0 Å². The molecule has 0 saturated heterocycles. The van der Waals surface area contributed by atoms with Crippen molar-refractivity contribution >= 4 is 23.3 Å². The minimum atomic E-state index is 0.684. The summed E-state index contributed by atoms with van der Waals surface area (Å²) in [5, 5.41) is 2.07. The molecular formula is C11H15NOS. The fourth-order valence-corrected chi connectivity index (χ4v) is 2.83. The number of hydrogen-bond acceptors (Lipinski definition) is 3. The molecule has 0 aliphatic heterocycles. The van der Waals surface area contributed by atoms with Gasteiger partial charge in [-0.15, -0.1) is 11.3 Å². The van der Waals surface area contributed by atoms with Gasteiger partial charge >= 0.3 is 0 Å². The van der Waals surface area contributed by atoms with E-state index in [4.69, 9.17) is 0 Å². The summed E-state index contributed by atoms with van der Waals surface area (Å²) in [6.45, 7) is 0. The first-order valence-electron chi connectivity index (χ1n) is 5.08. The molecule has 0 N–H and O–H groups in total. The Morgan fingerprint density at radius 3 is 2.79 bits per heavy atom. The summed E-state index contributed by atoms with van der Waals surface area (Å²) in [7, 11) is 2.13. The van der Waals surface area contributed by atoms with Gasteiger partial charge in [0.05, 0.1) is 4.88 Å². The van der Waals surface area contributed by atoms with Gasteiger partial charge in [0.2, 0.25) is 0 Å². The maximum absolute atomic E-state index is 10.6. The Labute approximate surface area is 88.5 Å². The van der Waals surface area contributed by atoms with Gasteiger partial charge in [-0.3, -0.25) is 4.79 Å². The first-order chi connectivity index (χ1) is 6.81. The number of anilines is 1. The average Bonchev–Trinajstić information content (AvgIpc) is 2.88. The van der Waals surface area contributed by atoms with Gasteiger partial charge < -0.3 is 4.90 Å². The molecule has 2 nitrogen and oxygen atoms in total. The lowest BCUT2D eigenvalue weighted by atomic mass is 10.2. The van der Waals surface area contributed by atoms with E-state index in [1.165, 1.54) is 42.7 Å². The highest BCUT2D eigenvalue weighted by molar-refractivity contribution is 7.12. The van der Waals surface area contributed by atoms with E-state index >= 15 is 0 Å². The van der Waals surface area contributed by atoms with E-state index in [0.717, 1.165) is 11.2 Å². The molecule has 0 radical (unpaired) electrons. The molecule has 14 heavy (non-hydrogen) atoms. The van der Waals surface area contributed by atoms with Gasteiger partial charge in [-0.25, -0.2) is 0 Å². The van der Waals surface area contributed by atoms with Crippen molar-refractivity contribution in [2.45, 2.75) is 31.7 Å². The third-order valence-corrected chi connectivity index (χ3v) is 3.85. The molecule has 1 aliphatic carbocycles. The standard InChI is InChI=1S/C11H15NOS/c1-12(9-4-2-3-5-9)10-6-11(7-13)14-8-10/h6-9H,2-5H2,1H3. The van der Waals surface area contributed by atoms with E-state index in [-0.39, 0.29) is 0 Å². The summed E-state index contributed by atoms with van der Waals surface area (Å²) >= 11 is 1.53. The highest BCUT2D eigenvalue weighted by atomic mass is 32.1. The van der Waals surface area contributed by atoms with Crippen molar-refractivity contribution in [2.24, 2.45) is 0 Å². The first kappa shape index (κ1) is 9.71. The molecule has 0 unspecified atom stereocenters. The van der Waals surface area contributed by atoms with Crippen LogP contribution in [0, 0.1) is 0 Å². The van der Waals surface area contributed by atoms with Crippen molar-refractivity contribution in [1.29, 1.82) is 0 Å². The highest BCUT2D eigenvalue weighted by Gasteiger charge is 2.20. The van der Waals surface area contributed by atoms with Crippen LogP contribution in [-0.4, -0.2) is 19.4 Å². The molecule has 76 valence electrons. The number of rotatable bonds is 3. The molecule has 2 rings (SSSR count). The maximum atomic E-state index is 10.6. The third kappa shape index (κ3) is 1.82. The fourth-order valence-electron chi connectivity index (χ4n) is 2.09. The van der Waals surface area contributed by atoms with Crippen LogP contribution in [-0.2, 0) is 0 Å². The SMILES string of the molecule is CN(c1csc(C=O)c1)C1CCCC1. The number of nitrogens with zero attached hydrogens (tertiary/aromatic N) is 1. The molecule has 1 fully saturated rings. The zero-order valence-electron chi connectivity index (χ0n) is 8.40. The Balaban J connectivity index is 2.09. The lowest BCUT2D eigenvalue weighted by molar-refractivity contribution is 0.112. The summed E-state index contributed by atoms with van der Waals surface area (Å²) in [5.41, 5.74) is 1.20. The lowest BCUT2D eigenvalue weighted by Crippen LogP contribution is -2.28. The Morgan fingerprint density at radius 2 is 2.21 bits per heavy atom. The zero-order chi connectivity index (χ0) is 9.97. The molecule has 3 heteroatoms. The van der Waals surface area contributed by atoms with Gasteiger partial charge in [-0.1, -0.05) is 12.8 Å². The number of carbonyl (C=O) groups is 1. The quantitative estimate of drug-likeness (QED) is 0.713. The van der Waals surface area contributed by atoms with E-state index in [1.807, 2.05) is 6.07 Å². The Bertz CT molecular complexity index is 315. The minimum Gasteiger partial charge on any atom is -0.371 e. The van der Waals surface area contributed by atoms with Crippen molar-refractivity contribution in [3.8, 4) is 0 Å². The van der Waals surface area contributed by atoms with Crippen LogP contribution in [0.3, 0.4) is 0 Å². The molecular weight excluding hydrogens is 194 g/mol. The minimum absolute atomic E-state index is 0.684. The van der Waals surface area contributed by atoms with Crippen LogP contribution < -0.4 is 4.90 Å². The van der Waals surface area contributed by atoms with E-state index in [2.05, 4.69) is 17.3 Å². The molecule has 1 aliphatic rings.